The Morgan fingerprint density at radius 3 is 2.24 bits per heavy atom. The lowest BCUT2D eigenvalue weighted by molar-refractivity contribution is -0.189. The van der Waals surface area contributed by atoms with E-state index in [2.05, 4.69) is 25.9 Å². The second kappa shape index (κ2) is 19.1. The molecule has 2 aromatic heterocycles. The van der Waals surface area contributed by atoms with E-state index >= 15 is 0 Å². The molecule has 9 rings (SSSR count). The molecule has 23 heteroatoms. The fourth-order valence-corrected chi connectivity index (χ4v) is 10.0. The van der Waals surface area contributed by atoms with E-state index in [9.17, 15) is 54.5 Å². The van der Waals surface area contributed by atoms with E-state index in [1.807, 2.05) is 0 Å². The Bertz CT molecular complexity index is 2740. The van der Waals surface area contributed by atoms with Crippen LogP contribution in [0.1, 0.15) is 45.2 Å². The molecule has 0 spiro atoms. The van der Waals surface area contributed by atoms with Crippen molar-refractivity contribution in [2.45, 2.75) is 72.0 Å². The van der Waals surface area contributed by atoms with Crippen LogP contribution in [0, 0.1) is 11.7 Å². The summed E-state index contributed by atoms with van der Waals surface area (Å²) >= 11 is 0.752. The lowest BCUT2D eigenvalue weighted by atomic mass is 9.75. The summed E-state index contributed by atoms with van der Waals surface area (Å²) in [5.74, 6) is -1.82. The van der Waals surface area contributed by atoms with Crippen molar-refractivity contribution in [1.82, 2.24) is 35.3 Å². The molecule has 0 bridgehead atoms. The number of halogens is 1. The molecule has 5 aromatic rings. The number of carbonyl (C=O) groups excluding carboxylic acids is 3. The van der Waals surface area contributed by atoms with E-state index in [-0.39, 0.29) is 47.3 Å². The standard InChI is InChI=1S/C44H42FN7O14S/c45-22-3-1-2-20(10-22)29-16-52(50-48-29)37-39(59)34(18-54)66-44(41(37)61)67-43-40(60)36(38(58)33(17-53)65-43)51-15-23(47-49-51)14-46-42(62)21-4-7-26(30(11-21)63-19-55)35-27-8-5-24(56)12-31(27)64-32-13-25(57)6-9-28(32)35/h1-13,15-16,19,27,33-41,43-44,53-54,57-61H,14,17-18H2,(H,46,62)/t27?,33-,34?,35?,36?,37+,38?,39+,40-,41?,43?,44+/m1/s1. The van der Waals surface area contributed by atoms with Crippen molar-refractivity contribution in [3.63, 3.8) is 0 Å². The molecule has 0 saturated carbocycles. The van der Waals surface area contributed by atoms with Crippen molar-refractivity contribution in [3.8, 4) is 28.5 Å². The molecule has 4 aliphatic rings. The van der Waals surface area contributed by atoms with Crippen LogP contribution in [-0.4, -0.2) is 145 Å². The number of hydrogen-bond donors (Lipinski definition) is 8. The van der Waals surface area contributed by atoms with Gasteiger partial charge in [0, 0.05) is 46.2 Å². The summed E-state index contributed by atoms with van der Waals surface area (Å²) in [6.45, 7) is -1.37. The molecule has 12 atom stereocenters. The smallest absolute Gasteiger partial charge is 0.298 e. The van der Waals surface area contributed by atoms with Crippen molar-refractivity contribution >= 4 is 29.9 Å². The maximum Gasteiger partial charge on any atom is 0.298 e. The molecule has 1 aliphatic carbocycles. The molecule has 5 heterocycles. The number of carbonyl (C=O) groups is 3. The first-order valence-electron chi connectivity index (χ1n) is 20.8. The van der Waals surface area contributed by atoms with Crippen LogP contribution in [0.15, 0.2) is 97.0 Å². The minimum Gasteiger partial charge on any atom is -0.508 e. The van der Waals surface area contributed by atoms with Crippen LogP contribution < -0.4 is 14.8 Å². The van der Waals surface area contributed by atoms with Gasteiger partial charge >= 0.3 is 0 Å². The number of ether oxygens (including phenoxy) is 4. The van der Waals surface area contributed by atoms with Gasteiger partial charge in [0.1, 0.15) is 99.8 Å². The highest BCUT2D eigenvalue weighted by molar-refractivity contribution is 8.00. The van der Waals surface area contributed by atoms with Crippen LogP contribution in [-0.2, 0) is 25.6 Å². The summed E-state index contributed by atoms with van der Waals surface area (Å²) in [4.78, 5) is 37.5. The minimum atomic E-state index is -1.61. The van der Waals surface area contributed by atoms with E-state index in [0.717, 1.165) is 16.4 Å². The first kappa shape index (κ1) is 45.7. The third kappa shape index (κ3) is 8.95. The van der Waals surface area contributed by atoms with E-state index in [1.165, 1.54) is 71.7 Å². The first-order valence-corrected chi connectivity index (χ1v) is 21.8. The summed E-state index contributed by atoms with van der Waals surface area (Å²) < 4.78 is 39.4. The Hall–Kier alpha value is -6.41. The molecular formula is C44H42FN7O14S. The van der Waals surface area contributed by atoms with Gasteiger partial charge in [-0.3, -0.25) is 14.4 Å². The number of aromatic hydroxyl groups is 1. The number of nitrogens with zero attached hydrogens (tertiary/aromatic N) is 6. The summed E-state index contributed by atoms with van der Waals surface area (Å²) in [7, 11) is 0. The zero-order chi connectivity index (χ0) is 47.1. The van der Waals surface area contributed by atoms with Gasteiger partial charge in [0.15, 0.2) is 5.78 Å². The number of rotatable bonds is 13. The Labute approximate surface area is 382 Å². The van der Waals surface area contributed by atoms with Crippen molar-refractivity contribution in [2.75, 3.05) is 13.2 Å². The average Bonchev–Trinajstić information content (AvgIpc) is 4.00. The number of amides is 1. The maximum atomic E-state index is 13.9. The predicted molar refractivity (Wildman–Crippen MR) is 227 cm³/mol. The van der Waals surface area contributed by atoms with Gasteiger partial charge < -0.3 is 60.0 Å². The number of hydrogen-bond acceptors (Lipinski definition) is 19. The van der Waals surface area contributed by atoms with Gasteiger partial charge in [0.25, 0.3) is 12.4 Å². The van der Waals surface area contributed by atoms with E-state index < -0.39 is 96.4 Å². The number of benzene rings is 3. The Kier molecular flexibility index (Phi) is 13.0. The number of allylic oxidation sites excluding steroid dienone is 3. The Balaban J connectivity index is 0.899. The van der Waals surface area contributed by atoms with Gasteiger partial charge in [-0.05, 0) is 36.4 Å². The largest absolute Gasteiger partial charge is 0.508 e. The van der Waals surface area contributed by atoms with E-state index in [0.29, 0.717) is 28.2 Å². The highest BCUT2D eigenvalue weighted by atomic mass is 32.2. The van der Waals surface area contributed by atoms with Crippen LogP contribution in [0.25, 0.3) is 11.3 Å². The quantitative estimate of drug-likeness (QED) is 0.0741. The number of aliphatic hydroxyl groups is 6. The zero-order valence-corrected chi connectivity index (χ0v) is 35.6. The van der Waals surface area contributed by atoms with Crippen LogP contribution in [0.2, 0.25) is 0 Å². The Morgan fingerprint density at radius 1 is 0.866 bits per heavy atom. The molecule has 2 saturated heterocycles. The molecule has 3 aromatic carbocycles. The SMILES string of the molecule is O=COc1cc(C(=O)NCc2cn(C3C(O)[C@@H](CO)OC(S[C@@H]4OC(CO)[C@H](O)[C@H](n5cc(-c6cccc(F)c6)nn5)C4O)[C@@H]3O)nn2)ccc1C1c2ccc(O)cc2OC2=CC(=O)C=CC21. The highest BCUT2D eigenvalue weighted by Crippen LogP contribution is 2.50. The summed E-state index contributed by atoms with van der Waals surface area (Å²) in [5, 5.41) is 95.2. The first-order chi connectivity index (χ1) is 32.3. The molecule has 1 amide bonds. The normalized spacial score (nSPS) is 29.0. The second-order valence-electron chi connectivity index (χ2n) is 16.1. The van der Waals surface area contributed by atoms with Crippen molar-refractivity contribution in [3.05, 3.63) is 125 Å². The number of aliphatic hydroxyl groups excluding tert-OH is 6. The number of nitrogens with one attached hydrogen (secondary N) is 1. The number of ketones is 1. The summed E-state index contributed by atoms with van der Waals surface area (Å²) in [5.41, 5.74) is -0.605. The number of aromatic nitrogens is 6. The molecule has 3 aliphatic heterocycles. The van der Waals surface area contributed by atoms with Gasteiger partial charge in [-0.1, -0.05) is 52.5 Å². The number of thioether (sulfide) groups is 1. The predicted octanol–water partition coefficient (Wildman–Crippen LogP) is 0.403. The molecule has 67 heavy (non-hydrogen) atoms. The zero-order valence-electron chi connectivity index (χ0n) is 34.7. The molecule has 350 valence electrons. The highest BCUT2D eigenvalue weighted by Gasteiger charge is 2.52. The average molecular weight is 944 g/mol. The van der Waals surface area contributed by atoms with Crippen molar-refractivity contribution < 1.29 is 73.5 Å². The van der Waals surface area contributed by atoms with Crippen molar-refractivity contribution in [1.29, 1.82) is 0 Å². The lowest BCUT2D eigenvalue weighted by Gasteiger charge is -2.46. The van der Waals surface area contributed by atoms with Crippen LogP contribution in [0.4, 0.5) is 4.39 Å². The fourth-order valence-electron chi connectivity index (χ4n) is 8.72. The molecule has 8 N–H and O–H groups in total. The van der Waals surface area contributed by atoms with Gasteiger partial charge in [-0.25, -0.2) is 13.8 Å². The summed E-state index contributed by atoms with van der Waals surface area (Å²) in [6.07, 6.45) is -1.60. The summed E-state index contributed by atoms with van der Waals surface area (Å²) in [6, 6.07) is 12.1. The van der Waals surface area contributed by atoms with Gasteiger partial charge in [0.2, 0.25) is 0 Å². The topological polar surface area (TPSA) is 303 Å². The second-order valence-corrected chi connectivity index (χ2v) is 17.3. The molecule has 7 unspecified atom stereocenters. The van der Waals surface area contributed by atoms with Gasteiger partial charge in [0.05, 0.1) is 32.2 Å². The molecule has 21 nitrogen and oxygen atoms in total. The molecule has 0 radical (unpaired) electrons. The minimum absolute atomic E-state index is 0.0515. The molecular weight excluding hydrogens is 902 g/mol. The van der Waals surface area contributed by atoms with E-state index in [1.54, 1.807) is 24.3 Å². The number of phenols is 1. The maximum absolute atomic E-state index is 13.9. The third-order valence-corrected chi connectivity index (χ3v) is 13.3. The van der Waals surface area contributed by atoms with Crippen molar-refractivity contribution in [2.24, 2.45) is 5.92 Å². The fraction of sp³-hybridized carbons (Fsp3) is 0.341. The van der Waals surface area contributed by atoms with E-state index in [4.69, 9.17) is 18.9 Å². The number of phenolic OH excluding ortho intramolecular Hbond substituents is 1. The van der Waals surface area contributed by atoms with Crippen LogP contribution in [0.5, 0.6) is 17.2 Å². The Morgan fingerprint density at radius 2 is 1.55 bits per heavy atom. The lowest BCUT2D eigenvalue weighted by Crippen LogP contribution is -2.58. The van der Waals surface area contributed by atoms with Gasteiger partial charge in [-0.2, -0.15) is 0 Å². The number of fused-ring (bicyclic) bond motifs is 2. The molecule has 2 fully saturated rings. The third-order valence-electron chi connectivity index (χ3n) is 12.0. The van der Waals surface area contributed by atoms with Crippen LogP contribution in [0.3, 0.4) is 0 Å². The monoisotopic (exact) mass is 943 g/mol. The van der Waals surface area contributed by atoms with Gasteiger partial charge in [-0.15, -0.1) is 10.2 Å². The van der Waals surface area contributed by atoms with Crippen LogP contribution >= 0.6 is 11.8 Å².